The summed E-state index contributed by atoms with van der Waals surface area (Å²) in [6.07, 6.45) is 2.93. The molecular weight excluding hydrogens is 398 g/mol. The maximum absolute atomic E-state index is 12.3. The van der Waals surface area contributed by atoms with Crippen molar-refractivity contribution < 1.29 is 19.2 Å². The summed E-state index contributed by atoms with van der Waals surface area (Å²) >= 11 is 0. The Kier molecular flexibility index (Phi) is 4.91. The Labute approximate surface area is 179 Å². The van der Waals surface area contributed by atoms with Crippen LogP contribution in [0.15, 0.2) is 47.1 Å². The highest BCUT2D eigenvalue weighted by Crippen LogP contribution is 2.35. The van der Waals surface area contributed by atoms with Gasteiger partial charge in [-0.15, -0.1) is 0 Å². The second kappa shape index (κ2) is 7.75. The maximum Gasteiger partial charge on any atom is 0.262 e. The Morgan fingerprint density at radius 3 is 2.81 bits per heavy atom. The van der Waals surface area contributed by atoms with Crippen molar-refractivity contribution in [1.29, 1.82) is 0 Å². The number of amides is 1. The molecule has 0 spiro atoms. The van der Waals surface area contributed by atoms with E-state index in [-0.39, 0.29) is 24.1 Å². The van der Waals surface area contributed by atoms with Crippen molar-refractivity contribution in [3.05, 3.63) is 48.4 Å². The molecule has 31 heavy (non-hydrogen) atoms. The molecule has 0 aliphatic carbocycles. The molecule has 2 saturated heterocycles. The normalized spacial score (nSPS) is 23.5. The van der Waals surface area contributed by atoms with Gasteiger partial charge in [0.15, 0.2) is 5.76 Å². The monoisotopic (exact) mass is 421 g/mol. The number of nitrogens with one attached hydrogen (secondary N) is 1. The number of likely N-dealkylation sites (N-methyl/N-ethyl adjacent to an activating group) is 1. The molecule has 5 rings (SSSR count). The maximum atomic E-state index is 12.3. The largest absolute Gasteiger partial charge is 0.379 e. The Balaban J connectivity index is 1.40. The average Bonchev–Trinajstić information content (AvgIpc) is 3.54. The van der Waals surface area contributed by atoms with Crippen LogP contribution < -0.4 is 5.32 Å². The van der Waals surface area contributed by atoms with Crippen molar-refractivity contribution in [2.45, 2.75) is 24.5 Å². The minimum atomic E-state index is -1.66. The molecule has 2 fully saturated rings. The molecular formula is C22H23N5O4. The number of carbonyl (C=O) groups excluding carboxylic acids is 1. The van der Waals surface area contributed by atoms with Crippen molar-refractivity contribution >= 4 is 11.9 Å². The number of nitrogens with zero attached hydrogens (tertiary/aromatic N) is 4. The van der Waals surface area contributed by atoms with Gasteiger partial charge in [-0.25, -0.2) is 9.97 Å². The van der Waals surface area contributed by atoms with E-state index < -0.39 is 5.60 Å². The second-order valence-corrected chi connectivity index (χ2v) is 7.96. The number of hydrogen-bond donors (Lipinski definition) is 2. The number of aliphatic hydroxyl groups is 1. The Morgan fingerprint density at radius 2 is 2.06 bits per heavy atom. The van der Waals surface area contributed by atoms with Crippen LogP contribution in [0.2, 0.25) is 0 Å². The molecule has 0 saturated carbocycles. The predicted molar refractivity (Wildman–Crippen MR) is 112 cm³/mol. The first kappa shape index (κ1) is 19.7. The summed E-state index contributed by atoms with van der Waals surface area (Å²) in [6, 6.07) is 11.4. The number of carbonyl (C=O) groups is 1. The molecule has 1 amide bonds. The lowest BCUT2D eigenvalue weighted by Gasteiger charge is -2.16. The molecule has 2 atom stereocenters. The molecule has 0 bridgehead atoms. The van der Waals surface area contributed by atoms with Gasteiger partial charge >= 0.3 is 0 Å². The van der Waals surface area contributed by atoms with Crippen LogP contribution in [0.3, 0.4) is 0 Å². The average molecular weight is 421 g/mol. The summed E-state index contributed by atoms with van der Waals surface area (Å²) in [6.45, 7) is 1.87. The SMILES string of the molecule is CN1CC[C@@](O)(c2cc(-c3cccc(-c4ccnc(N[C@H]5CCOC5)n4)c3)no2)C1=O. The molecule has 2 aliphatic heterocycles. The summed E-state index contributed by atoms with van der Waals surface area (Å²) in [5.74, 6) is 0.348. The number of anilines is 1. The molecule has 160 valence electrons. The van der Waals surface area contributed by atoms with Gasteiger partial charge in [-0.1, -0.05) is 23.4 Å². The molecule has 9 heteroatoms. The van der Waals surface area contributed by atoms with Crippen LogP contribution in [0.1, 0.15) is 18.6 Å². The van der Waals surface area contributed by atoms with E-state index in [1.807, 2.05) is 30.3 Å². The van der Waals surface area contributed by atoms with Crippen LogP contribution in [0.5, 0.6) is 0 Å². The Hall–Kier alpha value is -3.30. The number of aromatic nitrogens is 3. The molecule has 3 aromatic rings. The van der Waals surface area contributed by atoms with E-state index >= 15 is 0 Å². The highest BCUT2D eigenvalue weighted by atomic mass is 16.5. The third-order valence-corrected chi connectivity index (χ3v) is 5.80. The van der Waals surface area contributed by atoms with Gasteiger partial charge < -0.3 is 24.6 Å². The molecule has 2 aliphatic rings. The number of ether oxygens (including phenoxy) is 1. The van der Waals surface area contributed by atoms with E-state index in [1.165, 1.54) is 4.90 Å². The van der Waals surface area contributed by atoms with Crippen LogP contribution in [0.4, 0.5) is 5.95 Å². The van der Waals surface area contributed by atoms with Crippen molar-refractivity contribution in [2.75, 3.05) is 32.1 Å². The molecule has 2 aromatic heterocycles. The third kappa shape index (κ3) is 3.66. The van der Waals surface area contributed by atoms with Crippen LogP contribution in [0, 0.1) is 0 Å². The van der Waals surface area contributed by atoms with Gasteiger partial charge in [0.1, 0.15) is 5.69 Å². The highest BCUT2D eigenvalue weighted by molar-refractivity contribution is 5.87. The molecule has 9 nitrogen and oxygen atoms in total. The number of hydrogen-bond acceptors (Lipinski definition) is 8. The molecule has 4 heterocycles. The first-order chi connectivity index (χ1) is 15.0. The van der Waals surface area contributed by atoms with Crippen molar-refractivity contribution in [3.8, 4) is 22.5 Å². The minimum Gasteiger partial charge on any atom is -0.379 e. The van der Waals surface area contributed by atoms with E-state index in [0.29, 0.717) is 24.8 Å². The van der Waals surface area contributed by atoms with E-state index in [1.54, 1.807) is 19.3 Å². The molecule has 2 N–H and O–H groups in total. The fraction of sp³-hybridized carbons (Fsp3) is 0.364. The van der Waals surface area contributed by atoms with E-state index in [4.69, 9.17) is 9.26 Å². The van der Waals surface area contributed by atoms with Gasteiger partial charge in [0.2, 0.25) is 11.5 Å². The van der Waals surface area contributed by atoms with E-state index in [9.17, 15) is 9.90 Å². The topological polar surface area (TPSA) is 114 Å². The lowest BCUT2D eigenvalue weighted by Crippen LogP contribution is -2.35. The van der Waals surface area contributed by atoms with E-state index in [2.05, 4.69) is 20.4 Å². The van der Waals surface area contributed by atoms with Gasteiger partial charge in [-0.3, -0.25) is 4.79 Å². The summed E-state index contributed by atoms with van der Waals surface area (Å²) in [4.78, 5) is 22.8. The Bertz CT molecular complexity index is 1110. The fourth-order valence-electron chi connectivity index (χ4n) is 3.95. The summed E-state index contributed by atoms with van der Waals surface area (Å²) in [5.41, 5.74) is 1.35. The van der Waals surface area contributed by atoms with E-state index in [0.717, 1.165) is 29.8 Å². The van der Waals surface area contributed by atoms with Crippen LogP contribution in [0.25, 0.3) is 22.5 Å². The van der Waals surface area contributed by atoms with Crippen LogP contribution in [-0.4, -0.2) is 63.9 Å². The van der Waals surface area contributed by atoms with Crippen LogP contribution >= 0.6 is 0 Å². The van der Waals surface area contributed by atoms with Crippen LogP contribution in [-0.2, 0) is 15.1 Å². The first-order valence-electron chi connectivity index (χ1n) is 10.3. The number of rotatable bonds is 5. The lowest BCUT2D eigenvalue weighted by atomic mass is 9.98. The number of likely N-dealkylation sites (tertiary alicyclic amines) is 1. The minimum absolute atomic E-state index is 0.162. The molecule has 0 radical (unpaired) electrons. The van der Waals surface area contributed by atoms with Gasteiger partial charge in [0.25, 0.3) is 5.91 Å². The fourth-order valence-corrected chi connectivity index (χ4v) is 3.95. The standard InChI is InChI=1S/C22H23N5O4/c1-27-9-7-22(29,20(27)28)19-12-18(26-31-19)15-4-2-3-14(11-15)17-5-8-23-21(25-17)24-16-6-10-30-13-16/h2-5,8,11-12,16,29H,6-7,9-10,13H2,1H3,(H,23,24,25)/t16-,22+/m0/s1. The zero-order valence-corrected chi connectivity index (χ0v) is 17.1. The van der Waals surface area contributed by atoms with Crippen molar-refractivity contribution in [1.82, 2.24) is 20.0 Å². The third-order valence-electron chi connectivity index (χ3n) is 5.80. The van der Waals surface area contributed by atoms with Gasteiger partial charge in [0, 0.05) is 50.0 Å². The summed E-state index contributed by atoms with van der Waals surface area (Å²) in [5, 5.41) is 18.2. The smallest absolute Gasteiger partial charge is 0.262 e. The number of benzene rings is 1. The Morgan fingerprint density at radius 1 is 1.23 bits per heavy atom. The predicted octanol–water partition coefficient (Wildman–Crippen LogP) is 2.05. The zero-order valence-electron chi connectivity index (χ0n) is 17.1. The second-order valence-electron chi connectivity index (χ2n) is 7.96. The molecule has 0 unspecified atom stereocenters. The first-order valence-corrected chi connectivity index (χ1v) is 10.3. The van der Waals surface area contributed by atoms with Gasteiger partial charge in [-0.05, 0) is 18.6 Å². The highest BCUT2D eigenvalue weighted by Gasteiger charge is 2.48. The van der Waals surface area contributed by atoms with Crippen molar-refractivity contribution in [2.24, 2.45) is 0 Å². The molecule has 1 aromatic carbocycles. The quantitative estimate of drug-likeness (QED) is 0.644. The van der Waals surface area contributed by atoms with Gasteiger partial charge in [0.05, 0.1) is 18.3 Å². The zero-order chi connectivity index (χ0) is 21.4. The lowest BCUT2D eigenvalue weighted by molar-refractivity contribution is -0.144. The van der Waals surface area contributed by atoms with Gasteiger partial charge in [-0.2, -0.15) is 0 Å². The van der Waals surface area contributed by atoms with Crippen molar-refractivity contribution in [3.63, 3.8) is 0 Å². The summed E-state index contributed by atoms with van der Waals surface area (Å²) in [7, 11) is 1.66. The summed E-state index contributed by atoms with van der Waals surface area (Å²) < 4.78 is 10.8.